The first kappa shape index (κ1) is 18.5. The van der Waals surface area contributed by atoms with Gasteiger partial charge in [0.1, 0.15) is 5.75 Å². The van der Waals surface area contributed by atoms with Crippen LogP contribution in [0.3, 0.4) is 0 Å². The molecular formula is C16H21F3N2O3. The summed E-state index contributed by atoms with van der Waals surface area (Å²) in [6.07, 6.45) is -2.62. The summed E-state index contributed by atoms with van der Waals surface area (Å²) < 4.78 is 45.2. The summed E-state index contributed by atoms with van der Waals surface area (Å²) in [6, 6.07) is 5.09. The van der Waals surface area contributed by atoms with Crippen molar-refractivity contribution in [3.05, 3.63) is 24.3 Å². The number of nitrogens with zero attached hydrogens (tertiary/aromatic N) is 1. The van der Waals surface area contributed by atoms with Crippen molar-refractivity contribution in [2.24, 2.45) is 5.92 Å². The molecule has 0 saturated carbocycles. The number of ether oxygens (including phenoxy) is 2. The molecule has 0 spiro atoms. The number of anilines is 1. The van der Waals surface area contributed by atoms with E-state index in [4.69, 9.17) is 4.74 Å². The van der Waals surface area contributed by atoms with Gasteiger partial charge in [0.15, 0.2) is 0 Å². The summed E-state index contributed by atoms with van der Waals surface area (Å²) in [7, 11) is 1.66. The summed E-state index contributed by atoms with van der Waals surface area (Å²) in [6.45, 7) is 2.59. The Morgan fingerprint density at radius 1 is 1.33 bits per heavy atom. The Morgan fingerprint density at radius 2 is 2.04 bits per heavy atom. The van der Waals surface area contributed by atoms with Gasteiger partial charge in [0, 0.05) is 19.3 Å². The molecule has 1 aliphatic rings. The Morgan fingerprint density at radius 3 is 2.67 bits per heavy atom. The van der Waals surface area contributed by atoms with Crippen LogP contribution in [0.4, 0.5) is 18.9 Å². The van der Waals surface area contributed by atoms with E-state index >= 15 is 0 Å². The van der Waals surface area contributed by atoms with Crippen LogP contribution in [0.5, 0.6) is 5.75 Å². The monoisotopic (exact) mass is 346 g/mol. The van der Waals surface area contributed by atoms with Crippen molar-refractivity contribution in [3.63, 3.8) is 0 Å². The van der Waals surface area contributed by atoms with Crippen LogP contribution in [0, 0.1) is 5.92 Å². The van der Waals surface area contributed by atoms with Crippen molar-refractivity contribution in [3.8, 4) is 5.75 Å². The molecule has 1 atom stereocenters. The second-order valence-corrected chi connectivity index (χ2v) is 5.82. The lowest BCUT2D eigenvalue weighted by Gasteiger charge is -2.31. The number of hydrogen-bond donors (Lipinski definition) is 1. The average molecular weight is 346 g/mol. The molecule has 1 aromatic rings. The molecular weight excluding hydrogens is 325 g/mol. The molecule has 24 heavy (non-hydrogen) atoms. The third kappa shape index (κ3) is 6.37. The minimum Gasteiger partial charge on any atom is -0.406 e. The molecule has 0 aromatic heterocycles. The summed E-state index contributed by atoms with van der Waals surface area (Å²) in [5.74, 6) is -0.0909. The number of alkyl halides is 3. The fourth-order valence-electron chi connectivity index (χ4n) is 2.81. The zero-order valence-electron chi connectivity index (χ0n) is 13.4. The summed E-state index contributed by atoms with van der Waals surface area (Å²) in [5, 5.41) is 2.68. The molecule has 5 nitrogen and oxygen atoms in total. The SMILES string of the molecule is COCC1CCCN(CC(=O)Nc2ccc(OC(F)(F)F)cc2)C1. The number of benzene rings is 1. The maximum Gasteiger partial charge on any atom is 0.573 e. The van der Waals surface area contributed by atoms with Gasteiger partial charge in [-0.05, 0) is 49.6 Å². The van der Waals surface area contributed by atoms with Gasteiger partial charge in [-0.1, -0.05) is 0 Å². The predicted molar refractivity (Wildman–Crippen MR) is 82.8 cm³/mol. The molecule has 0 bridgehead atoms. The van der Waals surface area contributed by atoms with Gasteiger partial charge in [0.2, 0.25) is 5.91 Å². The van der Waals surface area contributed by atoms with Crippen LogP contribution in [0.25, 0.3) is 0 Å². The van der Waals surface area contributed by atoms with E-state index in [1.807, 2.05) is 0 Å². The van der Waals surface area contributed by atoms with Crippen LogP contribution in [-0.2, 0) is 9.53 Å². The third-order valence-corrected chi connectivity index (χ3v) is 3.74. The topological polar surface area (TPSA) is 50.8 Å². The molecule has 134 valence electrons. The van der Waals surface area contributed by atoms with Gasteiger partial charge in [-0.2, -0.15) is 0 Å². The molecule has 1 saturated heterocycles. The van der Waals surface area contributed by atoms with Crippen molar-refractivity contribution in [1.82, 2.24) is 4.90 Å². The fraction of sp³-hybridized carbons (Fsp3) is 0.562. The molecule has 0 radical (unpaired) electrons. The Hall–Kier alpha value is -1.80. The van der Waals surface area contributed by atoms with Gasteiger partial charge in [-0.25, -0.2) is 0 Å². The van der Waals surface area contributed by atoms with Crippen LogP contribution < -0.4 is 10.1 Å². The second-order valence-electron chi connectivity index (χ2n) is 5.82. The number of amides is 1. The highest BCUT2D eigenvalue weighted by Gasteiger charge is 2.31. The van der Waals surface area contributed by atoms with Crippen LogP contribution >= 0.6 is 0 Å². The largest absolute Gasteiger partial charge is 0.573 e. The highest BCUT2D eigenvalue weighted by Crippen LogP contribution is 2.24. The lowest BCUT2D eigenvalue weighted by Crippen LogP contribution is -2.41. The highest BCUT2D eigenvalue weighted by atomic mass is 19.4. The van der Waals surface area contributed by atoms with E-state index in [9.17, 15) is 18.0 Å². The number of rotatable bonds is 6. The van der Waals surface area contributed by atoms with Crippen LogP contribution in [0.15, 0.2) is 24.3 Å². The molecule has 1 amide bonds. The number of halogens is 3. The quantitative estimate of drug-likeness (QED) is 0.861. The molecule has 1 aromatic carbocycles. The van der Waals surface area contributed by atoms with E-state index in [2.05, 4.69) is 15.0 Å². The molecule has 1 aliphatic heterocycles. The number of carbonyl (C=O) groups excluding carboxylic acids is 1. The lowest BCUT2D eigenvalue weighted by atomic mass is 9.99. The highest BCUT2D eigenvalue weighted by molar-refractivity contribution is 5.92. The van der Waals surface area contributed by atoms with E-state index in [1.54, 1.807) is 7.11 Å². The number of carbonyl (C=O) groups is 1. The van der Waals surface area contributed by atoms with Crippen molar-refractivity contribution in [1.29, 1.82) is 0 Å². The minimum absolute atomic E-state index is 0.197. The van der Waals surface area contributed by atoms with Crippen molar-refractivity contribution >= 4 is 11.6 Å². The molecule has 1 heterocycles. The van der Waals surface area contributed by atoms with E-state index in [0.717, 1.165) is 25.9 Å². The van der Waals surface area contributed by atoms with Crippen LogP contribution in [0.2, 0.25) is 0 Å². The minimum atomic E-state index is -4.72. The first-order chi connectivity index (χ1) is 11.4. The Labute approximate surface area is 138 Å². The maximum atomic E-state index is 12.1. The van der Waals surface area contributed by atoms with Gasteiger partial charge >= 0.3 is 6.36 Å². The molecule has 1 unspecified atom stereocenters. The van der Waals surface area contributed by atoms with Crippen LogP contribution in [-0.4, -0.2) is 50.5 Å². The van der Waals surface area contributed by atoms with E-state index in [1.165, 1.54) is 24.3 Å². The smallest absolute Gasteiger partial charge is 0.406 e. The lowest BCUT2D eigenvalue weighted by molar-refractivity contribution is -0.274. The normalized spacial score (nSPS) is 19.1. The zero-order valence-corrected chi connectivity index (χ0v) is 13.4. The number of methoxy groups -OCH3 is 1. The molecule has 1 fully saturated rings. The third-order valence-electron chi connectivity index (χ3n) is 3.74. The standard InChI is InChI=1S/C16H21F3N2O3/c1-23-11-12-3-2-8-21(9-12)10-15(22)20-13-4-6-14(7-5-13)24-16(17,18)19/h4-7,12H,2-3,8-11H2,1H3,(H,20,22). The number of piperidine rings is 1. The maximum absolute atomic E-state index is 12.1. The van der Waals surface area contributed by atoms with E-state index in [0.29, 0.717) is 18.2 Å². The second kappa shape index (κ2) is 8.34. The molecule has 8 heteroatoms. The predicted octanol–water partition coefficient (Wildman–Crippen LogP) is 2.88. The van der Waals surface area contributed by atoms with Gasteiger partial charge in [0.25, 0.3) is 0 Å². The Bertz CT molecular complexity index is 532. The number of hydrogen-bond acceptors (Lipinski definition) is 4. The Balaban J connectivity index is 1.81. The van der Waals surface area contributed by atoms with Gasteiger partial charge in [0.05, 0.1) is 13.2 Å². The summed E-state index contributed by atoms with van der Waals surface area (Å²) in [4.78, 5) is 14.1. The van der Waals surface area contributed by atoms with Crippen molar-refractivity contribution < 1.29 is 27.4 Å². The molecule has 0 aliphatic carbocycles. The van der Waals surface area contributed by atoms with Gasteiger partial charge in [-0.3, -0.25) is 9.69 Å². The zero-order chi connectivity index (χ0) is 17.6. The number of likely N-dealkylation sites (tertiary alicyclic amines) is 1. The first-order valence-corrected chi connectivity index (χ1v) is 7.72. The Kier molecular flexibility index (Phi) is 6.44. The fourth-order valence-corrected chi connectivity index (χ4v) is 2.81. The summed E-state index contributed by atoms with van der Waals surface area (Å²) in [5.41, 5.74) is 0.431. The van der Waals surface area contributed by atoms with Crippen LogP contribution in [0.1, 0.15) is 12.8 Å². The molecule has 2 rings (SSSR count). The van der Waals surface area contributed by atoms with Crippen molar-refractivity contribution in [2.45, 2.75) is 19.2 Å². The average Bonchev–Trinajstić information content (AvgIpc) is 2.48. The first-order valence-electron chi connectivity index (χ1n) is 7.72. The number of nitrogens with one attached hydrogen (secondary N) is 1. The van der Waals surface area contributed by atoms with E-state index < -0.39 is 6.36 Å². The molecule has 1 N–H and O–H groups in total. The van der Waals surface area contributed by atoms with E-state index in [-0.39, 0.29) is 18.2 Å². The van der Waals surface area contributed by atoms with Gasteiger partial charge < -0.3 is 14.8 Å². The summed E-state index contributed by atoms with van der Waals surface area (Å²) >= 11 is 0. The van der Waals surface area contributed by atoms with Gasteiger partial charge in [-0.15, -0.1) is 13.2 Å². The van der Waals surface area contributed by atoms with Crippen molar-refractivity contribution in [2.75, 3.05) is 38.7 Å².